The fraction of sp³-hybridized carbons (Fsp3) is 0.243. The molecule has 9 nitrogen and oxygen atoms in total. The van der Waals surface area contributed by atoms with Crippen LogP contribution in [0.5, 0.6) is 17.2 Å². The van der Waals surface area contributed by atoms with Crippen LogP contribution in [0.4, 0.5) is 4.79 Å². The standard InChI is InChI=1S/C37H35NO8/c1-23-28-13-12-25(43-20-24-16-26(41-2)18-27(17-24)42-3)19-34(28)46-35(23)22-44-36(39)14-15-38-37(40)45-21-33-31-10-6-4-8-29(31)30-9-5-7-11-32(30)33/h4-13,16-19,33H,14-15,20-22H2,1-3H3,(H,38,40). The van der Waals surface area contributed by atoms with Crippen molar-refractivity contribution >= 4 is 23.0 Å². The second-order valence-corrected chi connectivity index (χ2v) is 11.0. The van der Waals surface area contributed by atoms with E-state index in [2.05, 4.69) is 29.6 Å². The molecule has 1 N–H and O–H groups in total. The Kier molecular flexibility index (Phi) is 9.10. The molecule has 0 unspecified atom stereocenters. The summed E-state index contributed by atoms with van der Waals surface area (Å²) in [5.74, 6) is 2.05. The van der Waals surface area contributed by atoms with Crippen molar-refractivity contribution in [1.82, 2.24) is 5.32 Å². The van der Waals surface area contributed by atoms with E-state index in [1.807, 2.05) is 61.5 Å². The van der Waals surface area contributed by atoms with Crippen LogP contribution in [0.2, 0.25) is 0 Å². The van der Waals surface area contributed by atoms with Crippen LogP contribution < -0.4 is 19.5 Å². The van der Waals surface area contributed by atoms with Crippen LogP contribution in [-0.2, 0) is 27.5 Å². The van der Waals surface area contributed by atoms with Crippen molar-refractivity contribution in [2.45, 2.75) is 32.5 Å². The van der Waals surface area contributed by atoms with Crippen LogP contribution in [0.25, 0.3) is 22.1 Å². The van der Waals surface area contributed by atoms with Crippen LogP contribution in [0, 0.1) is 6.92 Å². The Morgan fingerprint density at radius 3 is 2.13 bits per heavy atom. The summed E-state index contributed by atoms with van der Waals surface area (Å²) >= 11 is 0. The number of amides is 1. The van der Waals surface area contributed by atoms with Gasteiger partial charge >= 0.3 is 12.1 Å². The molecule has 0 aliphatic heterocycles. The van der Waals surface area contributed by atoms with Crippen LogP contribution in [0.3, 0.4) is 0 Å². The van der Waals surface area contributed by atoms with E-state index in [0.717, 1.165) is 38.8 Å². The summed E-state index contributed by atoms with van der Waals surface area (Å²) in [7, 11) is 3.21. The Balaban J connectivity index is 0.963. The number of nitrogens with one attached hydrogen (secondary N) is 1. The van der Waals surface area contributed by atoms with Gasteiger partial charge in [0.2, 0.25) is 0 Å². The number of benzene rings is 4. The first-order valence-electron chi connectivity index (χ1n) is 15.0. The molecule has 0 saturated carbocycles. The summed E-state index contributed by atoms with van der Waals surface area (Å²) in [5, 5.41) is 3.55. The van der Waals surface area contributed by atoms with Crippen molar-refractivity contribution in [3.05, 3.63) is 113 Å². The maximum Gasteiger partial charge on any atom is 0.407 e. The van der Waals surface area contributed by atoms with Gasteiger partial charge in [-0.15, -0.1) is 0 Å². The molecule has 1 amide bonds. The maximum absolute atomic E-state index is 12.4. The highest BCUT2D eigenvalue weighted by molar-refractivity contribution is 5.83. The summed E-state index contributed by atoms with van der Waals surface area (Å²) in [5.41, 5.74) is 7.00. The predicted molar refractivity (Wildman–Crippen MR) is 172 cm³/mol. The first kappa shape index (κ1) is 30.6. The van der Waals surface area contributed by atoms with Gasteiger partial charge in [0, 0.05) is 35.5 Å². The molecule has 5 aromatic rings. The van der Waals surface area contributed by atoms with Crippen molar-refractivity contribution in [3.8, 4) is 28.4 Å². The molecule has 236 valence electrons. The minimum absolute atomic E-state index is 0.00346. The van der Waals surface area contributed by atoms with Crippen LogP contribution in [-0.4, -0.2) is 39.4 Å². The Morgan fingerprint density at radius 2 is 1.46 bits per heavy atom. The summed E-state index contributed by atoms with van der Waals surface area (Å²) in [6.07, 6.45) is -0.581. The fourth-order valence-corrected chi connectivity index (χ4v) is 5.73. The van der Waals surface area contributed by atoms with E-state index >= 15 is 0 Å². The van der Waals surface area contributed by atoms with Crippen molar-refractivity contribution in [2.75, 3.05) is 27.4 Å². The SMILES string of the molecule is COc1cc(COc2ccc3c(C)c(COC(=O)CCNC(=O)OCC4c5ccccc5-c5ccccc54)oc3c2)cc(OC)c1. The number of aryl methyl sites for hydroxylation is 1. The summed E-state index contributed by atoms with van der Waals surface area (Å²) in [6.45, 7) is 2.50. The molecule has 1 aliphatic carbocycles. The van der Waals surface area contributed by atoms with Crippen LogP contribution >= 0.6 is 0 Å². The molecule has 46 heavy (non-hydrogen) atoms. The monoisotopic (exact) mass is 621 g/mol. The molecular formula is C37H35NO8. The number of fused-ring (bicyclic) bond motifs is 4. The Bertz CT molecular complexity index is 1810. The van der Waals surface area contributed by atoms with Gasteiger partial charge in [-0.3, -0.25) is 4.79 Å². The third kappa shape index (κ3) is 6.63. The van der Waals surface area contributed by atoms with Gasteiger partial charge in [-0.2, -0.15) is 0 Å². The van der Waals surface area contributed by atoms with E-state index in [1.54, 1.807) is 20.3 Å². The van der Waals surface area contributed by atoms with E-state index < -0.39 is 12.1 Å². The van der Waals surface area contributed by atoms with Gasteiger partial charge in [-0.25, -0.2) is 4.79 Å². The lowest BCUT2D eigenvalue weighted by atomic mass is 9.98. The number of carbonyl (C=O) groups is 2. The van der Waals surface area contributed by atoms with Crippen LogP contribution in [0.1, 0.15) is 40.4 Å². The third-order valence-electron chi connectivity index (χ3n) is 8.13. The first-order chi connectivity index (χ1) is 22.4. The van der Waals surface area contributed by atoms with Gasteiger partial charge in [0.05, 0.1) is 20.6 Å². The number of methoxy groups -OCH3 is 2. The normalized spacial score (nSPS) is 11.9. The largest absolute Gasteiger partial charge is 0.497 e. The zero-order chi connectivity index (χ0) is 32.0. The second-order valence-electron chi connectivity index (χ2n) is 11.0. The van der Waals surface area contributed by atoms with E-state index in [4.69, 9.17) is 28.1 Å². The van der Waals surface area contributed by atoms with Crippen molar-refractivity contribution in [2.24, 2.45) is 0 Å². The Morgan fingerprint density at radius 1 is 0.783 bits per heavy atom. The highest BCUT2D eigenvalue weighted by Gasteiger charge is 2.29. The average molecular weight is 622 g/mol. The Hall–Kier alpha value is -5.44. The highest BCUT2D eigenvalue weighted by Crippen LogP contribution is 2.44. The zero-order valence-electron chi connectivity index (χ0n) is 26.0. The van der Waals surface area contributed by atoms with Crippen molar-refractivity contribution in [3.63, 3.8) is 0 Å². The molecule has 4 aromatic carbocycles. The van der Waals surface area contributed by atoms with Gasteiger partial charge in [0.1, 0.15) is 48.4 Å². The predicted octanol–water partition coefficient (Wildman–Crippen LogP) is 7.31. The molecule has 0 atom stereocenters. The summed E-state index contributed by atoms with van der Waals surface area (Å²) in [6, 6.07) is 27.5. The highest BCUT2D eigenvalue weighted by atomic mass is 16.6. The molecular weight excluding hydrogens is 586 g/mol. The Labute approximate surface area is 267 Å². The third-order valence-corrected chi connectivity index (χ3v) is 8.13. The lowest BCUT2D eigenvalue weighted by Gasteiger charge is -2.14. The second kappa shape index (κ2) is 13.7. The molecule has 6 rings (SSSR count). The fourth-order valence-electron chi connectivity index (χ4n) is 5.73. The van der Waals surface area contributed by atoms with Crippen LogP contribution in [0.15, 0.2) is 89.3 Å². The molecule has 1 aliphatic rings. The van der Waals surface area contributed by atoms with Gasteiger partial charge in [0.15, 0.2) is 0 Å². The van der Waals surface area contributed by atoms with Crippen molar-refractivity contribution in [1.29, 1.82) is 0 Å². The minimum Gasteiger partial charge on any atom is -0.497 e. The molecule has 0 saturated heterocycles. The number of carbonyl (C=O) groups excluding carboxylic acids is 2. The first-order valence-corrected chi connectivity index (χ1v) is 15.0. The number of hydrogen-bond acceptors (Lipinski definition) is 8. The molecule has 9 heteroatoms. The summed E-state index contributed by atoms with van der Waals surface area (Å²) < 4.78 is 33.6. The minimum atomic E-state index is -0.577. The lowest BCUT2D eigenvalue weighted by molar-refractivity contribution is -0.145. The average Bonchev–Trinajstić information content (AvgIpc) is 3.58. The van der Waals surface area contributed by atoms with Gasteiger partial charge in [-0.1, -0.05) is 48.5 Å². The number of alkyl carbamates (subject to hydrolysis) is 1. The van der Waals surface area contributed by atoms with E-state index in [1.165, 1.54) is 0 Å². The molecule has 0 fully saturated rings. The van der Waals surface area contributed by atoms with Gasteiger partial charge < -0.3 is 33.4 Å². The molecule has 0 bridgehead atoms. The number of rotatable bonds is 12. The molecule has 0 radical (unpaired) electrons. The van der Waals surface area contributed by atoms with E-state index in [0.29, 0.717) is 35.2 Å². The molecule has 1 aromatic heterocycles. The number of furan rings is 1. The number of ether oxygens (including phenoxy) is 5. The summed E-state index contributed by atoms with van der Waals surface area (Å²) in [4.78, 5) is 24.9. The molecule has 1 heterocycles. The topological polar surface area (TPSA) is 105 Å². The number of hydrogen-bond donors (Lipinski definition) is 1. The van der Waals surface area contributed by atoms with Crippen molar-refractivity contribution < 1.29 is 37.7 Å². The maximum atomic E-state index is 12.4. The number of esters is 1. The van der Waals surface area contributed by atoms with Gasteiger partial charge in [-0.05, 0) is 59.0 Å². The van der Waals surface area contributed by atoms with E-state index in [-0.39, 0.29) is 32.1 Å². The lowest BCUT2D eigenvalue weighted by Crippen LogP contribution is -2.28. The van der Waals surface area contributed by atoms with E-state index in [9.17, 15) is 9.59 Å². The molecule has 0 spiro atoms. The smallest absolute Gasteiger partial charge is 0.407 e. The van der Waals surface area contributed by atoms with Gasteiger partial charge in [0.25, 0.3) is 0 Å². The quantitative estimate of drug-likeness (QED) is 0.145. The zero-order valence-corrected chi connectivity index (χ0v) is 26.0.